The van der Waals surface area contributed by atoms with Crippen LogP contribution in [0.5, 0.6) is 0 Å². The summed E-state index contributed by atoms with van der Waals surface area (Å²) in [5.41, 5.74) is 2.17. The maximum Gasteiger partial charge on any atom is 0.0141 e. The maximum atomic E-state index is 3.45. The van der Waals surface area contributed by atoms with Gasteiger partial charge in [-0.15, -0.1) is 11.8 Å². The summed E-state index contributed by atoms with van der Waals surface area (Å²) in [6.45, 7) is 2.35. The Hall–Kier alpha value is -0.470. The molecule has 0 amide bonds. The summed E-state index contributed by atoms with van der Waals surface area (Å²) in [7, 11) is 2.10. The molecule has 0 aromatic heterocycles. The van der Waals surface area contributed by atoms with Gasteiger partial charge in [-0.2, -0.15) is 0 Å². The van der Waals surface area contributed by atoms with Crippen LogP contribution in [0, 0.1) is 5.41 Å². The fraction of sp³-hybridized carbons (Fsp3) is 0.600. The van der Waals surface area contributed by atoms with Crippen LogP contribution in [0.1, 0.15) is 31.7 Å². The average molecular weight is 247 g/mol. The predicted octanol–water partition coefficient (Wildman–Crippen LogP) is 3.48. The third-order valence-electron chi connectivity index (χ3n) is 4.59. The van der Waals surface area contributed by atoms with Crippen LogP contribution in [-0.2, 0) is 6.42 Å². The maximum absolute atomic E-state index is 3.45. The molecule has 0 saturated heterocycles. The molecule has 1 N–H and O–H groups in total. The number of nitrogens with one attached hydrogen (secondary N) is 1. The summed E-state index contributed by atoms with van der Waals surface area (Å²) in [6, 6.07) is 9.58. The molecule has 92 valence electrons. The zero-order valence-corrected chi connectivity index (χ0v) is 11.5. The lowest BCUT2D eigenvalue weighted by Gasteiger charge is -2.25. The predicted molar refractivity (Wildman–Crippen MR) is 74.6 cm³/mol. The highest BCUT2D eigenvalue weighted by Gasteiger charge is 2.48. The van der Waals surface area contributed by atoms with E-state index >= 15 is 0 Å². The first-order chi connectivity index (χ1) is 8.23. The Balaban J connectivity index is 1.66. The van der Waals surface area contributed by atoms with E-state index < -0.39 is 0 Å². The van der Waals surface area contributed by atoms with Gasteiger partial charge in [0.15, 0.2) is 0 Å². The second-order valence-corrected chi connectivity index (χ2v) is 6.97. The Morgan fingerprint density at radius 3 is 2.82 bits per heavy atom. The van der Waals surface area contributed by atoms with Crippen molar-refractivity contribution in [3.63, 3.8) is 0 Å². The highest BCUT2D eigenvalue weighted by atomic mass is 32.2. The first kappa shape index (κ1) is 11.6. The monoisotopic (exact) mass is 247 g/mol. The molecule has 1 aliphatic heterocycles. The largest absolute Gasteiger partial charge is 0.317 e. The lowest BCUT2D eigenvalue weighted by atomic mass is 9.90. The fourth-order valence-electron chi connectivity index (χ4n) is 3.10. The van der Waals surface area contributed by atoms with Crippen molar-refractivity contribution in [3.05, 3.63) is 29.8 Å². The number of hydrogen-bond acceptors (Lipinski definition) is 2. The molecule has 1 nitrogen and oxygen atoms in total. The van der Waals surface area contributed by atoms with Gasteiger partial charge < -0.3 is 5.32 Å². The lowest BCUT2D eigenvalue weighted by Crippen LogP contribution is -2.33. The second-order valence-electron chi connectivity index (χ2n) is 5.63. The van der Waals surface area contributed by atoms with E-state index in [0.717, 1.165) is 5.25 Å². The molecule has 2 heteroatoms. The molecule has 0 bridgehead atoms. The summed E-state index contributed by atoms with van der Waals surface area (Å²) in [5.74, 6) is 0. The Morgan fingerprint density at radius 2 is 2.18 bits per heavy atom. The molecule has 2 atom stereocenters. The van der Waals surface area contributed by atoms with E-state index in [1.54, 1.807) is 5.56 Å². The Kier molecular flexibility index (Phi) is 2.95. The first-order valence-corrected chi connectivity index (χ1v) is 7.53. The fourth-order valence-corrected chi connectivity index (χ4v) is 4.60. The smallest absolute Gasteiger partial charge is 0.0141 e. The molecule has 1 saturated carbocycles. The van der Waals surface area contributed by atoms with Crippen LogP contribution in [0.3, 0.4) is 0 Å². The molecular formula is C15H21NS. The minimum atomic E-state index is 0.606. The normalized spacial score (nSPS) is 26.6. The van der Waals surface area contributed by atoms with Gasteiger partial charge in [0.1, 0.15) is 0 Å². The second kappa shape index (κ2) is 4.33. The first-order valence-electron chi connectivity index (χ1n) is 6.65. The van der Waals surface area contributed by atoms with Crippen LogP contribution in [0.15, 0.2) is 29.2 Å². The van der Waals surface area contributed by atoms with Crippen LogP contribution in [0.2, 0.25) is 0 Å². The van der Waals surface area contributed by atoms with E-state index in [1.807, 2.05) is 0 Å². The van der Waals surface area contributed by atoms with Crippen LogP contribution < -0.4 is 5.32 Å². The van der Waals surface area contributed by atoms with E-state index in [1.165, 1.54) is 30.6 Å². The molecule has 1 aromatic rings. The molecule has 3 rings (SSSR count). The molecule has 17 heavy (non-hydrogen) atoms. The third kappa shape index (κ3) is 2.13. The number of rotatable bonds is 4. The number of fused-ring (bicyclic) bond motifs is 1. The van der Waals surface area contributed by atoms with E-state index in [-0.39, 0.29) is 0 Å². The van der Waals surface area contributed by atoms with E-state index in [4.69, 9.17) is 0 Å². The molecular weight excluding hydrogens is 226 g/mol. The van der Waals surface area contributed by atoms with E-state index in [2.05, 4.69) is 55.3 Å². The van der Waals surface area contributed by atoms with Crippen molar-refractivity contribution < 1.29 is 0 Å². The highest BCUT2D eigenvalue weighted by molar-refractivity contribution is 8.00. The summed E-state index contributed by atoms with van der Waals surface area (Å²) < 4.78 is 0. The standard InChI is InChI=1S/C15H21NS/c1-11(16-2)15(7-8-15)10-13-9-12-5-3-4-6-14(12)17-13/h3-6,11,13,16H,7-10H2,1-2H3. The molecule has 2 aliphatic rings. The van der Waals surface area contributed by atoms with Crippen molar-refractivity contribution in [2.24, 2.45) is 5.41 Å². The van der Waals surface area contributed by atoms with Gasteiger partial charge in [-0.05, 0) is 56.7 Å². The summed E-state index contributed by atoms with van der Waals surface area (Å²) >= 11 is 2.10. The number of benzene rings is 1. The van der Waals surface area contributed by atoms with Gasteiger partial charge in [-0.25, -0.2) is 0 Å². The molecule has 1 aliphatic carbocycles. The molecule has 1 aromatic carbocycles. The Morgan fingerprint density at radius 1 is 1.41 bits per heavy atom. The van der Waals surface area contributed by atoms with Crippen molar-refractivity contribution in [1.82, 2.24) is 5.32 Å². The van der Waals surface area contributed by atoms with Gasteiger partial charge >= 0.3 is 0 Å². The molecule has 1 fully saturated rings. The third-order valence-corrected chi connectivity index (χ3v) is 5.91. The quantitative estimate of drug-likeness (QED) is 0.874. The lowest BCUT2D eigenvalue weighted by molar-refractivity contribution is 0.344. The van der Waals surface area contributed by atoms with Crippen LogP contribution in [0.4, 0.5) is 0 Å². The topological polar surface area (TPSA) is 12.0 Å². The summed E-state index contributed by atoms with van der Waals surface area (Å²) in [5, 5.41) is 4.26. The van der Waals surface area contributed by atoms with Crippen molar-refractivity contribution in [2.75, 3.05) is 7.05 Å². The van der Waals surface area contributed by atoms with Gasteiger partial charge in [-0.3, -0.25) is 0 Å². The van der Waals surface area contributed by atoms with Gasteiger partial charge in [0.25, 0.3) is 0 Å². The molecule has 0 spiro atoms. The molecule has 0 radical (unpaired) electrons. The van der Waals surface area contributed by atoms with Gasteiger partial charge in [0, 0.05) is 16.2 Å². The zero-order valence-electron chi connectivity index (χ0n) is 10.7. The summed E-state index contributed by atoms with van der Waals surface area (Å²) in [6.07, 6.45) is 5.50. The minimum absolute atomic E-state index is 0.606. The van der Waals surface area contributed by atoms with Crippen molar-refractivity contribution >= 4 is 11.8 Å². The summed E-state index contributed by atoms with van der Waals surface area (Å²) in [4.78, 5) is 1.52. The highest BCUT2D eigenvalue weighted by Crippen LogP contribution is 2.55. The SMILES string of the molecule is CNC(C)C1(CC2Cc3ccccc3S2)CC1. The van der Waals surface area contributed by atoms with Crippen LogP contribution in [0.25, 0.3) is 0 Å². The van der Waals surface area contributed by atoms with Crippen molar-refractivity contribution in [3.8, 4) is 0 Å². The Labute approximate surface area is 108 Å². The average Bonchev–Trinajstić information content (AvgIpc) is 3.00. The van der Waals surface area contributed by atoms with Crippen LogP contribution >= 0.6 is 11.8 Å². The molecule has 1 heterocycles. The number of thioether (sulfide) groups is 1. The van der Waals surface area contributed by atoms with Gasteiger partial charge in [0.2, 0.25) is 0 Å². The van der Waals surface area contributed by atoms with Crippen molar-refractivity contribution in [2.45, 2.75) is 48.8 Å². The zero-order chi connectivity index (χ0) is 11.9. The number of hydrogen-bond donors (Lipinski definition) is 1. The van der Waals surface area contributed by atoms with Gasteiger partial charge in [-0.1, -0.05) is 18.2 Å². The minimum Gasteiger partial charge on any atom is -0.317 e. The van der Waals surface area contributed by atoms with E-state index in [0.29, 0.717) is 11.5 Å². The van der Waals surface area contributed by atoms with E-state index in [9.17, 15) is 0 Å². The molecule has 2 unspecified atom stereocenters. The van der Waals surface area contributed by atoms with Crippen molar-refractivity contribution in [1.29, 1.82) is 0 Å². The van der Waals surface area contributed by atoms with Crippen LogP contribution in [-0.4, -0.2) is 18.3 Å². The van der Waals surface area contributed by atoms with Gasteiger partial charge in [0.05, 0.1) is 0 Å². The Bertz CT molecular complexity index is 386.